The quantitative estimate of drug-likeness (QED) is 0.786. The summed E-state index contributed by atoms with van der Waals surface area (Å²) in [6.45, 7) is 4.14. The van der Waals surface area contributed by atoms with Gasteiger partial charge in [-0.25, -0.2) is 4.79 Å². The third-order valence-corrected chi connectivity index (χ3v) is 5.31. The number of likely N-dealkylation sites (tertiary alicyclic amines) is 1. The Morgan fingerprint density at radius 3 is 2.28 bits per heavy atom. The van der Waals surface area contributed by atoms with E-state index >= 15 is 0 Å². The van der Waals surface area contributed by atoms with Crippen molar-refractivity contribution in [3.8, 4) is 0 Å². The molecule has 1 heterocycles. The average molecular weight is 396 g/mol. The zero-order valence-corrected chi connectivity index (χ0v) is 16.8. The van der Waals surface area contributed by atoms with Gasteiger partial charge in [-0.1, -0.05) is 42.0 Å². The fourth-order valence-corrected chi connectivity index (χ4v) is 3.34. The zero-order valence-electron chi connectivity index (χ0n) is 16.8. The molecule has 1 fully saturated rings. The Hall–Kier alpha value is -2.86. The first kappa shape index (κ1) is 20.9. The number of ether oxygens (including phenoxy) is 1. The van der Waals surface area contributed by atoms with Gasteiger partial charge < -0.3 is 20.1 Å². The van der Waals surface area contributed by atoms with E-state index < -0.39 is 0 Å². The number of amides is 2. The van der Waals surface area contributed by atoms with Crippen molar-refractivity contribution in [3.05, 3.63) is 70.8 Å². The fraction of sp³-hybridized carbons (Fsp3) is 0.391. The van der Waals surface area contributed by atoms with Gasteiger partial charge in [-0.3, -0.25) is 4.79 Å². The van der Waals surface area contributed by atoms with Crippen LogP contribution in [-0.4, -0.2) is 41.6 Å². The maximum Gasteiger partial charge on any atom is 0.410 e. The monoisotopic (exact) mass is 396 g/mol. The molecule has 0 atom stereocenters. The van der Waals surface area contributed by atoms with Crippen LogP contribution >= 0.6 is 0 Å². The first-order valence-corrected chi connectivity index (χ1v) is 10.0. The number of aliphatic hydroxyl groups is 1. The number of benzene rings is 2. The van der Waals surface area contributed by atoms with Crippen LogP contribution in [0.5, 0.6) is 0 Å². The first-order chi connectivity index (χ1) is 14.0. The lowest BCUT2D eigenvalue weighted by Crippen LogP contribution is -2.41. The van der Waals surface area contributed by atoms with E-state index in [2.05, 4.69) is 5.32 Å². The number of rotatable bonds is 6. The lowest BCUT2D eigenvalue weighted by Gasteiger charge is -2.31. The molecule has 1 aliphatic rings. The van der Waals surface area contributed by atoms with Gasteiger partial charge in [0.1, 0.15) is 6.61 Å². The normalized spacial score (nSPS) is 14.5. The summed E-state index contributed by atoms with van der Waals surface area (Å²) in [7, 11) is 0. The maximum atomic E-state index is 12.3. The highest BCUT2D eigenvalue weighted by atomic mass is 16.6. The van der Waals surface area contributed by atoms with Crippen molar-refractivity contribution in [3.63, 3.8) is 0 Å². The SMILES string of the molecule is Cc1ccc(COC(=O)N2CCC(CNC(=O)c3ccc(CO)cc3)CC2)cc1. The summed E-state index contributed by atoms with van der Waals surface area (Å²) in [6.07, 6.45) is 1.39. The van der Waals surface area contributed by atoms with Crippen LogP contribution in [0.15, 0.2) is 48.5 Å². The summed E-state index contributed by atoms with van der Waals surface area (Å²) in [6, 6.07) is 14.9. The van der Waals surface area contributed by atoms with Crippen LogP contribution in [0.1, 0.15) is 39.9 Å². The highest BCUT2D eigenvalue weighted by Gasteiger charge is 2.24. The molecule has 0 aliphatic carbocycles. The summed E-state index contributed by atoms with van der Waals surface area (Å²) >= 11 is 0. The zero-order chi connectivity index (χ0) is 20.6. The van der Waals surface area contributed by atoms with E-state index in [4.69, 9.17) is 9.84 Å². The Morgan fingerprint density at radius 1 is 1.03 bits per heavy atom. The van der Waals surface area contributed by atoms with Crippen molar-refractivity contribution in [2.75, 3.05) is 19.6 Å². The topological polar surface area (TPSA) is 78.9 Å². The molecule has 0 spiro atoms. The summed E-state index contributed by atoms with van der Waals surface area (Å²) in [5.41, 5.74) is 3.52. The summed E-state index contributed by atoms with van der Waals surface area (Å²) in [5.74, 6) is 0.228. The van der Waals surface area contributed by atoms with E-state index in [1.165, 1.54) is 5.56 Å². The number of aliphatic hydroxyl groups excluding tert-OH is 1. The van der Waals surface area contributed by atoms with Crippen molar-refractivity contribution in [2.45, 2.75) is 33.0 Å². The van der Waals surface area contributed by atoms with E-state index in [1.807, 2.05) is 31.2 Å². The Labute approximate surface area is 171 Å². The van der Waals surface area contributed by atoms with Crippen LogP contribution < -0.4 is 5.32 Å². The largest absolute Gasteiger partial charge is 0.445 e. The van der Waals surface area contributed by atoms with Gasteiger partial charge in [0.25, 0.3) is 5.91 Å². The maximum absolute atomic E-state index is 12.3. The first-order valence-electron chi connectivity index (χ1n) is 10.0. The van der Waals surface area contributed by atoms with Crippen molar-refractivity contribution in [1.29, 1.82) is 0 Å². The number of hydrogen-bond donors (Lipinski definition) is 2. The summed E-state index contributed by atoms with van der Waals surface area (Å²) in [5, 5.41) is 12.0. The lowest BCUT2D eigenvalue weighted by molar-refractivity contribution is 0.0800. The number of hydrogen-bond acceptors (Lipinski definition) is 4. The number of nitrogens with one attached hydrogen (secondary N) is 1. The molecule has 2 aromatic carbocycles. The van der Waals surface area contributed by atoms with Gasteiger partial charge in [-0.05, 0) is 48.9 Å². The molecule has 0 radical (unpaired) electrons. The van der Waals surface area contributed by atoms with Gasteiger partial charge in [0.2, 0.25) is 0 Å². The molecule has 1 saturated heterocycles. The van der Waals surface area contributed by atoms with E-state index in [9.17, 15) is 9.59 Å². The Bertz CT molecular complexity index is 810. The van der Waals surface area contributed by atoms with Crippen LogP contribution in [0.3, 0.4) is 0 Å². The molecule has 1 aliphatic heterocycles. The van der Waals surface area contributed by atoms with Gasteiger partial charge in [-0.2, -0.15) is 0 Å². The molecule has 2 amide bonds. The Balaban J connectivity index is 1.37. The van der Waals surface area contributed by atoms with Crippen LogP contribution in [0, 0.1) is 12.8 Å². The van der Waals surface area contributed by atoms with Crippen molar-refractivity contribution >= 4 is 12.0 Å². The van der Waals surface area contributed by atoms with E-state index in [0.717, 1.165) is 24.0 Å². The summed E-state index contributed by atoms with van der Waals surface area (Å²) in [4.78, 5) is 26.2. The predicted molar refractivity (Wildman–Crippen MR) is 110 cm³/mol. The highest BCUT2D eigenvalue weighted by Crippen LogP contribution is 2.18. The minimum Gasteiger partial charge on any atom is -0.445 e. The molecule has 0 saturated carbocycles. The minimum atomic E-state index is -0.281. The second-order valence-electron chi connectivity index (χ2n) is 7.54. The molecule has 2 aromatic rings. The van der Waals surface area contributed by atoms with Gasteiger partial charge >= 0.3 is 6.09 Å². The highest BCUT2D eigenvalue weighted by molar-refractivity contribution is 5.94. The average Bonchev–Trinajstić information content (AvgIpc) is 2.77. The second-order valence-corrected chi connectivity index (χ2v) is 7.54. The molecule has 154 valence electrons. The molecule has 2 N–H and O–H groups in total. The molecule has 0 unspecified atom stereocenters. The van der Waals surface area contributed by atoms with E-state index in [1.54, 1.807) is 29.2 Å². The van der Waals surface area contributed by atoms with Gasteiger partial charge in [-0.15, -0.1) is 0 Å². The molecule has 6 heteroatoms. The molecule has 3 rings (SSSR count). The third-order valence-electron chi connectivity index (χ3n) is 5.31. The number of aryl methyl sites for hydroxylation is 1. The second kappa shape index (κ2) is 10.1. The van der Waals surface area contributed by atoms with Crippen LogP contribution in [0.4, 0.5) is 4.79 Å². The van der Waals surface area contributed by atoms with Crippen molar-refractivity contribution < 1.29 is 19.4 Å². The number of carbonyl (C=O) groups is 2. The molecule has 29 heavy (non-hydrogen) atoms. The molecular weight excluding hydrogens is 368 g/mol. The number of carbonyl (C=O) groups excluding carboxylic acids is 2. The third kappa shape index (κ3) is 6.06. The number of piperidine rings is 1. The van der Waals surface area contributed by atoms with Crippen molar-refractivity contribution in [2.24, 2.45) is 5.92 Å². The van der Waals surface area contributed by atoms with Crippen LogP contribution in [0.25, 0.3) is 0 Å². The smallest absolute Gasteiger partial charge is 0.410 e. The Morgan fingerprint density at radius 2 is 1.66 bits per heavy atom. The van der Waals surface area contributed by atoms with Gasteiger partial charge in [0.15, 0.2) is 0 Å². The van der Waals surface area contributed by atoms with E-state index in [-0.39, 0.29) is 25.2 Å². The van der Waals surface area contributed by atoms with Crippen LogP contribution in [-0.2, 0) is 18.0 Å². The molecular formula is C23H28N2O4. The van der Waals surface area contributed by atoms with Crippen LogP contribution in [0.2, 0.25) is 0 Å². The minimum absolute atomic E-state index is 0.0338. The number of nitrogens with zero attached hydrogens (tertiary/aromatic N) is 1. The summed E-state index contributed by atoms with van der Waals surface area (Å²) < 4.78 is 5.42. The lowest BCUT2D eigenvalue weighted by atomic mass is 9.97. The standard InChI is InChI=1S/C23H28N2O4/c1-17-2-4-20(5-3-17)16-29-23(28)25-12-10-18(11-13-25)14-24-22(27)21-8-6-19(15-26)7-9-21/h2-9,18,26H,10-16H2,1H3,(H,24,27). The fourth-order valence-electron chi connectivity index (χ4n) is 3.34. The molecule has 6 nitrogen and oxygen atoms in total. The van der Waals surface area contributed by atoms with E-state index in [0.29, 0.717) is 31.1 Å². The van der Waals surface area contributed by atoms with Gasteiger partial charge in [0, 0.05) is 25.2 Å². The molecule has 0 bridgehead atoms. The molecule has 0 aromatic heterocycles. The van der Waals surface area contributed by atoms with Crippen molar-refractivity contribution in [1.82, 2.24) is 10.2 Å². The predicted octanol–water partition coefficient (Wildman–Crippen LogP) is 3.27. The van der Waals surface area contributed by atoms with Gasteiger partial charge in [0.05, 0.1) is 6.61 Å². The Kier molecular flexibility index (Phi) is 7.25.